The van der Waals surface area contributed by atoms with Crippen LogP contribution in [0.5, 0.6) is 11.5 Å². The van der Waals surface area contributed by atoms with Crippen LogP contribution >= 0.6 is 0 Å². The second-order valence-corrected chi connectivity index (χ2v) is 10.3. The maximum Gasteiger partial charge on any atom is 0.253 e. The number of hydrogen-bond donors (Lipinski definition) is 1. The number of pyridine rings is 1. The molecule has 0 aliphatic carbocycles. The van der Waals surface area contributed by atoms with Crippen LogP contribution in [0.15, 0.2) is 83.7 Å². The van der Waals surface area contributed by atoms with Crippen molar-refractivity contribution in [3.8, 4) is 11.5 Å². The normalized spacial score (nSPS) is 15.2. The smallest absolute Gasteiger partial charge is 0.253 e. The lowest BCUT2D eigenvalue weighted by Gasteiger charge is -2.38. The second kappa shape index (κ2) is 11.9. The van der Waals surface area contributed by atoms with E-state index < -0.39 is 6.04 Å². The highest BCUT2D eigenvalue weighted by Gasteiger charge is 2.32. The number of aromatic nitrogens is 5. The van der Waals surface area contributed by atoms with Crippen LogP contribution in [0.1, 0.15) is 28.6 Å². The van der Waals surface area contributed by atoms with Gasteiger partial charge in [0, 0.05) is 44.4 Å². The minimum atomic E-state index is -0.410. The number of rotatable bonds is 9. The SMILES string of the molecule is COc1ccc(CN2CCN(C(c3cc4ccc(OC)cc4[nH]c3=O)c3nnnn3Cc3ccccc3)CC2)cc1. The summed E-state index contributed by atoms with van der Waals surface area (Å²) < 4.78 is 12.5. The highest BCUT2D eigenvalue weighted by Crippen LogP contribution is 2.29. The Bertz CT molecular complexity index is 1660. The van der Waals surface area contributed by atoms with Gasteiger partial charge in [-0.3, -0.25) is 14.6 Å². The van der Waals surface area contributed by atoms with Crippen LogP contribution in [-0.4, -0.2) is 75.4 Å². The molecule has 5 aromatic rings. The Balaban J connectivity index is 1.31. The summed E-state index contributed by atoms with van der Waals surface area (Å²) in [4.78, 5) is 21.4. The predicted molar refractivity (Wildman–Crippen MR) is 156 cm³/mol. The van der Waals surface area contributed by atoms with Crippen LogP contribution in [0, 0.1) is 0 Å². The molecule has 2 aromatic heterocycles. The topological polar surface area (TPSA) is 101 Å². The van der Waals surface area contributed by atoms with Crippen LogP contribution in [-0.2, 0) is 13.1 Å². The van der Waals surface area contributed by atoms with E-state index in [4.69, 9.17) is 9.47 Å². The van der Waals surface area contributed by atoms with Crippen molar-refractivity contribution < 1.29 is 9.47 Å². The third-order valence-corrected chi connectivity index (χ3v) is 7.69. The molecule has 41 heavy (non-hydrogen) atoms. The van der Waals surface area contributed by atoms with Crippen molar-refractivity contribution >= 4 is 10.9 Å². The molecule has 1 aliphatic rings. The van der Waals surface area contributed by atoms with E-state index in [1.807, 2.05) is 54.6 Å². The molecule has 0 spiro atoms. The van der Waals surface area contributed by atoms with Crippen molar-refractivity contribution in [3.05, 3.63) is 112 Å². The monoisotopic (exact) mass is 551 g/mol. The van der Waals surface area contributed by atoms with Crippen LogP contribution in [0.25, 0.3) is 10.9 Å². The van der Waals surface area contributed by atoms with Crippen molar-refractivity contribution in [1.29, 1.82) is 0 Å². The predicted octanol–water partition coefficient (Wildman–Crippen LogP) is 3.49. The van der Waals surface area contributed by atoms with Gasteiger partial charge in [0.1, 0.15) is 17.5 Å². The number of fused-ring (bicyclic) bond motifs is 1. The Morgan fingerprint density at radius 3 is 2.27 bits per heavy atom. The van der Waals surface area contributed by atoms with E-state index >= 15 is 0 Å². The number of tetrazole rings is 1. The van der Waals surface area contributed by atoms with Gasteiger partial charge in [-0.1, -0.05) is 42.5 Å². The minimum absolute atomic E-state index is 0.161. The lowest BCUT2D eigenvalue weighted by Crippen LogP contribution is -2.48. The first kappa shape index (κ1) is 26.7. The van der Waals surface area contributed by atoms with Gasteiger partial charge < -0.3 is 14.5 Å². The molecule has 1 saturated heterocycles. The molecule has 0 radical (unpaired) electrons. The van der Waals surface area contributed by atoms with E-state index in [0.29, 0.717) is 23.7 Å². The standard InChI is InChI=1S/C31H33N7O3/c1-40-25-11-8-23(9-12-25)20-36-14-16-37(17-15-36)29(30-33-34-35-38(30)21-22-6-4-3-5-7-22)27-18-24-10-13-26(41-2)19-28(24)32-31(27)39/h3-13,18-19,29H,14-17,20-21H2,1-2H3,(H,32,39). The molecule has 0 bridgehead atoms. The fourth-order valence-corrected chi connectivity index (χ4v) is 5.47. The lowest BCUT2D eigenvalue weighted by molar-refractivity contribution is 0.0998. The van der Waals surface area contributed by atoms with Crippen LogP contribution in [0.4, 0.5) is 0 Å². The van der Waals surface area contributed by atoms with Gasteiger partial charge in [0.15, 0.2) is 5.82 Å². The maximum atomic E-state index is 13.6. The molecule has 10 heteroatoms. The number of H-pyrrole nitrogens is 1. The number of piperazine rings is 1. The molecule has 1 N–H and O–H groups in total. The van der Waals surface area contributed by atoms with Crippen molar-refractivity contribution in [2.75, 3.05) is 40.4 Å². The molecule has 0 saturated carbocycles. The number of benzene rings is 3. The van der Waals surface area contributed by atoms with Crippen molar-refractivity contribution in [2.24, 2.45) is 0 Å². The van der Waals surface area contributed by atoms with E-state index in [1.54, 1.807) is 18.9 Å². The zero-order valence-electron chi connectivity index (χ0n) is 23.2. The summed E-state index contributed by atoms with van der Waals surface area (Å²) in [5, 5.41) is 13.8. The number of nitrogens with zero attached hydrogens (tertiary/aromatic N) is 6. The molecule has 1 fully saturated rings. The lowest BCUT2D eigenvalue weighted by atomic mass is 10.0. The van der Waals surface area contributed by atoms with E-state index in [0.717, 1.165) is 54.9 Å². The molecule has 0 amide bonds. The average molecular weight is 552 g/mol. The Kier molecular flexibility index (Phi) is 7.75. The first-order valence-electron chi connectivity index (χ1n) is 13.7. The Morgan fingerprint density at radius 2 is 1.54 bits per heavy atom. The molecule has 1 unspecified atom stereocenters. The first-order chi connectivity index (χ1) is 20.1. The molecular formula is C31H33N7O3. The van der Waals surface area contributed by atoms with Crippen LogP contribution < -0.4 is 15.0 Å². The molecule has 1 aliphatic heterocycles. The van der Waals surface area contributed by atoms with Crippen molar-refractivity contribution in [3.63, 3.8) is 0 Å². The van der Waals surface area contributed by atoms with Gasteiger partial charge in [-0.25, -0.2) is 4.68 Å². The van der Waals surface area contributed by atoms with Crippen molar-refractivity contribution in [1.82, 2.24) is 35.0 Å². The Labute approximate surface area is 238 Å². The van der Waals surface area contributed by atoms with Gasteiger partial charge in [0.05, 0.1) is 26.3 Å². The maximum absolute atomic E-state index is 13.6. The van der Waals surface area contributed by atoms with Gasteiger partial charge in [0.2, 0.25) is 0 Å². The molecule has 1 atom stereocenters. The molecule has 3 aromatic carbocycles. The third-order valence-electron chi connectivity index (χ3n) is 7.69. The fourth-order valence-electron chi connectivity index (χ4n) is 5.47. The van der Waals surface area contributed by atoms with Gasteiger partial charge in [-0.2, -0.15) is 0 Å². The summed E-state index contributed by atoms with van der Waals surface area (Å²) >= 11 is 0. The number of nitrogens with one attached hydrogen (secondary N) is 1. The summed E-state index contributed by atoms with van der Waals surface area (Å²) in [6, 6.07) is 25.5. The number of aromatic amines is 1. The summed E-state index contributed by atoms with van der Waals surface area (Å²) in [5.41, 5.74) is 3.51. The average Bonchev–Trinajstić information content (AvgIpc) is 3.46. The summed E-state index contributed by atoms with van der Waals surface area (Å²) in [6.07, 6.45) is 0. The quantitative estimate of drug-likeness (QED) is 0.297. The second-order valence-electron chi connectivity index (χ2n) is 10.3. The number of hydrogen-bond acceptors (Lipinski definition) is 8. The number of ether oxygens (including phenoxy) is 2. The summed E-state index contributed by atoms with van der Waals surface area (Å²) in [5.74, 6) is 2.20. The highest BCUT2D eigenvalue weighted by molar-refractivity contribution is 5.80. The number of methoxy groups -OCH3 is 2. The molecular weight excluding hydrogens is 518 g/mol. The zero-order chi connectivity index (χ0) is 28.2. The molecule has 3 heterocycles. The molecule has 10 nitrogen and oxygen atoms in total. The van der Waals surface area contributed by atoms with Crippen LogP contribution in [0.3, 0.4) is 0 Å². The zero-order valence-corrected chi connectivity index (χ0v) is 23.2. The van der Waals surface area contributed by atoms with E-state index in [2.05, 4.69) is 54.6 Å². The van der Waals surface area contributed by atoms with Gasteiger partial charge in [0.25, 0.3) is 5.56 Å². The van der Waals surface area contributed by atoms with E-state index in [-0.39, 0.29) is 5.56 Å². The molecule has 6 rings (SSSR count). The van der Waals surface area contributed by atoms with E-state index in [9.17, 15) is 4.79 Å². The van der Waals surface area contributed by atoms with Gasteiger partial charge in [-0.05, 0) is 57.3 Å². The van der Waals surface area contributed by atoms with Crippen molar-refractivity contribution in [2.45, 2.75) is 19.1 Å². The third kappa shape index (κ3) is 5.84. The summed E-state index contributed by atoms with van der Waals surface area (Å²) in [6.45, 7) is 4.60. The summed E-state index contributed by atoms with van der Waals surface area (Å²) in [7, 11) is 3.29. The minimum Gasteiger partial charge on any atom is -0.497 e. The Morgan fingerprint density at radius 1 is 0.829 bits per heavy atom. The molecule has 210 valence electrons. The fraction of sp³-hybridized carbons (Fsp3) is 0.290. The highest BCUT2D eigenvalue weighted by atomic mass is 16.5. The van der Waals surface area contributed by atoms with Crippen LogP contribution in [0.2, 0.25) is 0 Å². The van der Waals surface area contributed by atoms with Gasteiger partial charge in [-0.15, -0.1) is 5.10 Å². The Hall–Kier alpha value is -4.54. The first-order valence-corrected chi connectivity index (χ1v) is 13.7. The largest absolute Gasteiger partial charge is 0.497 e. The van der Waals surface area contributed by atoms with E-state index in [1.165, 1.54) is 5.56 Å². The van der Waals surface area contributed by atoms with Gasteiger partial charge >= 0.3 is 0 Å².